The number of aliphatic hydroxyl groups is 1. The van der Waals surface area contributed by atoms with Gasteiger partial charge in [-0.1, -0.05) is 54.6 Å². The Bertz CT molecular complexity index is 1070. The van der Waals surface area contributed by atoms with E-state index in [1.807, 2.05) is 66.7 Å². The molecule has 0 saturated heterocycles. The summed E-state index contributed by atoms with van der Waals surface area (Å²) >= 11 is 0. The van der Waals surface area contributed by atoms with E-state index in [0.717, 1.165) is 28.9 Å². The maximum Gasteiger partial charge on any atom is 0.322 e. The molecule has 1 aliphatic rings. The van der Waals surface area contributed by atoms with Gasteiger partial charge in [0.1, 0.15) is 0 Å². The van der Waals surface area contributed by atoms with Crippen molar-refractivity contribution < 1.29 is 14.1 Å². The Hall–Kier alpha value is -2.96. The van der Waals surface area contributed by atoms with Crippen LogP contribution in [0.5, 0.6) is 0 Å². The fourth-order valence-corrected chi connectivity index (χ4v) is 5.22. The largest absolute Gasteiger partial charge is 0.395 e. The predicted octanol–water partition coefficient (Wildman–Crippen LogP) is 4.51. The average molecular weight is 435 g/mol. The standard InChI is InChI=1S/C25H26N2O3S/c28-16-15-27(24-14-13-20-8-4-5-12-23(20)24)25(29)26-21-9-6-7-19(17-21)18-31(30)22-10-2-1-3-11-22/h1-12,17,24,28H,13-16,18H2,(H,26,29). The van der Waals surface area contributed by atoms with Crippen molar-refractivity contribution in [3.8, 4) is 0 Å². The lowest BCUT2D eigenvalue weighted by molar-refractivity contribution is 0.162. The van der Waals surface area contributed by atoms with Gasteiger partial charge in [0, 0.05) is 17.1 Å². The molecule has 4 rings (SSSR count). The highest BCUT2D eigenvalue weighted by Gasteiger charge is 2.30. The number of benzene rings is 3. The molecule has 0 radical (unpaired) electrons. The van der Waals surface area contributed by atoms with E-state index in [0.29, 0.717) is 11.4 Å². The second kappa shape index (κ2) is 9.90. The number of carbonyl (C=O) groups is 1. The van der Waals surface area contributed by atoms with Crippen molar-refractivity contribution in [3.63, 3.8) is 0 Å². The third kappa shape index (κ3) is 5.03. The lowest BCUT2D eigenvalue weighted by Crippen LogP contribution is -2.39. The molecule has 1 aliphatic carbocycles. The maximum atomic E-state index is 13.1. The molecule has 0 aromatic heterocycles. The quantitative estimate of drug-likeness (QED) is 0.575. The normalized spacial score (nSPS) is 15.8. The summed E-state index contributed by atoms with van der Waals surface area (Å²) in [4.78, 5) is 15.6. The summed E-state index contributed by atoms with van der Waals surface area (Å²) in [7, 11) is -1.15. The highest BCUT2D eigenvalue weighted by molar-refractivity contribution is 7.84. The van der Waals surface area contributed by atoms with Crippen LogP contribution in [0.25, 0.3) is 0 Å². The summed E-state index contributed by atoms with van der Waals surface area (Å²) < 4.78 is 12.6. The fourth-order valence-electron chi connectivity index (χ4n) is 4.11. The number of fused-ring (bicyclic) bond motifs is 1. The Morgan fingerprint density at radius 3 is 2.61 bits per heavy atom. The molecule has 2 N–H and O–H groups in total. The molecule has 3 aromatic rings. The summed E-state index contributed by atoms with van der Waals surface area (Å²) in [5.74, 6) is 0.379. The highest BCUT2D eigenvalue weighted by Crippen LogP contribution is 2.35. The van der Waals surface area contributed by atoms with Gasteiger partial charge in [0.15, 0.2) is 0 Å². The second-order valence-electron chi connectivity index (χ2n) is 7.60. The van der Waals surface area contributed by atoms with Crippen molar-refractivity contribution in [2.24, 2.45) is 0 Å². The van der Waals surface area contributed by atoms with Gasteiger partial charge in [-0.15, -0.1) is 0 Å². The van der Waals surface area contributed by atoms with Crippen LogP contribution in [0, 0.1) is 0 Å². The summed E-state index contributed by atoms with van der Waals surface area (Å²) in [5.41, 5.74) is 3.95. The van der Waals surface area contributed by atoms with E-state index in [4.69, 9.17) is 0 Å². The molecule has 5 nitrogen and oxygen atoms in total. The zero-order chi connectivity index (χ0) is 21.6. The van der Waals surface area contributed by atoms with Crippen molar-refractivity contribution in [1.29, 1.82) is 0 Å². The van der Waals surface area contributed by atoms with Crippen molar-refractivity contribution in [2.45, 2.75) is 29.5 Å². The van der Waals surface area contributed by atoms with E-state index in [9.17, 15) is 14.1 Å². The van der Waals surface area contributed by atoms with Crippen LogP contribution in [0.3, 0.4) is 0 Å². The minimum atomic E-state index is -1.15. The van der Waals surface area contributed by atoms with Crippen LogP contribution in [-0.2, 0) is 23.0 Å². The van der Waals surface area contributed by atoms with Crippen LogP contribution in [0.15, 0.2) is 83.8 Å². The monoisotopic (exact) mass is 434 g/mol. The van der Waals surface area contributed by atoms with Gasteiger partial charge in [0.2, 0.25) is 0 Å². The molecule has 0 fully saturated rings. The molecule has 0 saturated carbocycles. The maximum absolute atomic E-state index is 13.1. The lowest BCUT2D eigenvalue weighted by atomic mass is 10.1. The number of hydrogen-bond acceptors (Lipinski definition) is 3. The Balaban J connectivity index is 1.47. The van der Waals surface area contributed by atoms with E-state index in [-0.39, 0.29) is 25.2 Å². The summed E-state index contributed by atoms with van der Waals surface area (Å²) in [6.07, 6.45) is 1.78. The molecule has 31 heavy (non-hydrogen) atoms. The van der Waals surface area contributed by atoms with Gasteiger partial charge in [0.25, 0.3) is 0 Å². The average Bonchev–Trinajstić information content (AvgIpc) is 3.22. The number of nitrogens with one attached hydrogen (secondary N) is 1. The number of aryl methyl sites for hydroxylation is 1. The predicted molar refractivity (Wildman–Crippen MR) is 123 cm³/mol. The lowest BCUT2D eigenvalue weighted by Gasteiger charge is -2.29. The molecule has 2 unspecified atom stereocenters. The summed E-state index contributed by atoms with van der Waals surface area (Å²) in [6.45, 7) is 0.171. The van der Waals surface area contributed by atoms with Crippen LogP contribution in [0.1, 0.15) is 29.2 Å². The summed E-state index contributed by atoms with van der Waals surface area (Å²) in [5, 5.41) is 12.5. The molecular formula is C25H26N2O3S. The highest BCUT2D eigenvalue weighted by atomic mass is 32.2. The van der Waals surface area contributed by atoms with Gasteiger partial charge in [-0.05, 0) is 53.8 Å². The topological polar surface area (TPSA) is 69.6 Å². The van der Waals surface area contributed by atoms with Crippen molar-refractivity contribution >= 4 is 22.5 Å². The third-order valence-corrected chi connectivity index (χ3v) is 6.95. The van der Waals surface area contributed by atoms with Crippen LogP contribution < -0.4 is 5.32 Å². The van der Waals surface area contributed by atoms with Gasteiger partial charge in [-0.25, -0.2) is 4.79 Å². The van der Waals surface area contributed by atoms with Crippen LogP contribution in [-0.4, -0.2) is 33.4 Å². The SMILES string of the molecule is O=C(Nc1cccc(CS(=O)c2ccccc2)c1)N(CCO)C1CCc2ccccc21. The van der Waals surface area contributed by atoms with Crippen LogP contribution in [0.2, 0.25) is 0 Å². The first-order valence-electron chi connectivity index (χ1n) is 10.4. The van der Waals surface area contributed by atoms with Crippen molar-refractivity contribution in [3.05, 3.63) is 95.6 Å². The van der Waals surface area contributed by atoms with E-state index in [2.05, 4.69) is 17.4 Å². The van der Waals surface area contributed by atoms with Gasteiger partial charge >= 0.3 is 6.03 Å². The number of amides is 2. The van der Waals surface area contributed by atoms with Crippen LogP contribution in [0.4, 0.5) is 10.5 Å². The van der Waals surface area contributed by atoms with Gasteiger partial charge in [-0.2, -0.15) is 0 Å². The van der Waals surface area contributed by atoms with Crippen molar-refractivity contribution in [2.75, 3.05) is 18.5 Å². The molecule has 160 valence electrons. The van der Waals surface area contributed by atoms with Crippen LogP contribution >= 0.6 is 0 Å². The van der Waals surface area contributed by atoms with Crippen molar-refractivity contribution in [1.82, 2.24) is 4.90 Å². The second-order valence-corrected chi connectivity index (χ2v) is 9.05. The summed E-state index contributed by atoms with van der Waals surface area (Å²) in [6, 6.07) is 24.7. The van der Waals surface area contributed by atoms with E-state index < -0.39 is 10.8 Å². The zero-order valence-electron chi connectivity index (χ0n) is 17.2. The van der Waals surface area contributed by atoms with E-state index in [1.165, 1.54) is 5.56 Å². The Morgan fingerprint density at radius 1 is 1.03 bits per heavy atom. The number of nitrogens with zero attached hydrogens (tertiary/aromatic N) is 1. The molecule has 0 aliphatic heterocycles. The Labute approximate surface area is 185 Å². The van der Waals surface area contributed by atoms with E-state index >= 15 is 0 Å². The molecule has 0 heterocycles. The van der Waals surface area contributed by atoms with Gasteiger partial charge in [-0.3, -0.25) is 4.21 Å². The number of anilines is 1. The number of carbonyl (C=O) groups excluding carboxylic acids is 1. The number of rotatable bonds is 7. The van der Waals surface area contributed by atoms with Gasteiger partial charge < -0.3 is 15.3 Å². The van der Waals surface area contributed by atoms with Gasteiger partial charge in [0.05, 0.1) is 29.2 Å². The first kappa shape index (κ1) is 21.3. The molecule has 0 bridgehead atoms. The minimum Gasteiger partial charge on any atom is -0.395 e. The number of hydrogen-bond donors (Lipinski definition) is 2. The molecule has 2 atom stereocenters. The fraction of sp³-hybridized carbons (Fsp3) is 0.240. The molecule has 3 aromatic carbocycles. The third-order valence-electron chi connectivity index (χ3n) is 5.56. The molecule has 2 amide bonds. The number of aliphatic hydroxyl groups excluding tert-OH is 1. The first-order chi connectivity index (χ1) is 15.2. The Kier molecular flexibility index (Phi) is 6.79. The zero-order valence-corrected chi connectivity index (χ0v) is 18.1. The molecule has 0 spiro atoms. The van der Waals surface area contributed by atoms with E-state index in [1.54, 1.807) is 4.90 Å². The Morgan fingerprint density at radius 2 is 1.81 bits per heavy atom. The smallest absolute Gasteiger partial charge is 0.322 e. The first-order valence-corrected chi connectivity index (χ1v) is 11.8. The number of urea groups is 1. The molecule has 6 heteroatoms. The minimum absolute atomic E-state index is 0.0443. The molecular weight excluding hydrogens is 408 g/mol.